The fourth-order valence-corrected chi connectivity index (χ4v) is 4.23. The van der Waals surface area contributed by atoms with Crippen LogP contribution < -0.4 is 5.32 Å². The summed E-state index contributed by atoms with van der Waals surface area (Å²) < 4.78 is 2.27. The van der Waals surface area contributed by atoms with Gasteiger partial charge in [0, 0.05) is 30.0 Å². The van der Waals surface area contributed by atoms with Crippen LogP contribution in [0, 0.1) is 13.8 Å². The zero-order chi connectivity index (χ0) is 22.5. The first-order chi connectivity index (χ1) is 15.6. The summed E-state index contributed by atoms with van der Waals surface area (Å²) >= 11 is 0. The van der Waals surface area contributed by atoms with Gasteiger partial charge >= 0.3 is 0 Å². The van der Waals surface area contributed by atoms with E-state index in [1.807, 2.05) is 12.1 Å². The average molecular weight is 428 g/mol. The SMILES string of the molecule is CCN(CC)CCN=C1CC(c2ccc(-n3c(C)ccc3C)cc2)=Nc2ccccc2N1. The maximum Gasteiger partial charge on any atom is 0.107 e. The van der Waals surface area contributed by atoms with Crippen molar-refractivity contribution in [3.63, 3.8) is 0 Å². The lowest BCUT2D eigenvalue weighted by molar-refractivity contribution is 0.313. The highest BCUT2D eigenvalue weighted by Crippen LogP contribution is 2.29. The first-order valence-electron chi connectivity index (χ1n) is 11.5. The number of para-hydroxylation sites is 2. The second kappa shape index (κ2) is 9.96. The predicted octanol–water partition coefficient (Wildman–Crippen LogP) is 5.77. The lowest BCUT2D eigenvalue weighted by Gasteiger charge is -2.17. The van der Waals surface area contributed by atoms with Crippen LogP contribution in [0.5, 0.6) is 0 Å². The molecule has 1 aliphatic rings. The van der Waals surface area contributed by atoms with E-state index in [1.165, 1.54) is 17.1 Å². The maximum atomic E-state index is 5.02. The molecule has 4 rings (SSSR count). The smallest absolute Gasteiger partial charge is 0.107 e. The summed E-state index contributed by atoms with van der Waals surface area (Å²) in [6.07, 6.45) is 0.688. The van der Waals surface area contributed by atoms with E-state index in [9.17, 15) is 0 Å². The summed E-state index contributed by atoms with van der Waals surface area (Å²) in [5, 5.41) is 3.53. The topological polar surface area (TPSA) is 44.9 Å². The van der Waals surface area contributed by atoms with Crippen LogP contribution in [0.2, 0.25) is 0 Å². The van der Waals surface area contributed by atoms with E-state index in [0.717, 1.165) is 54.7 Å². The van der Waals surface area contributed by atoms with Gasteiger partial charge in [-0.15, -0.1) is 0 Å². The van der Waals surface area contributed by atoms with Gasteiger partial charge in [-0.1, -0.05) is 38.1 Å². The minimum Gasteiger partial charge on any atom is -0.342 e. The van der Waals surface area contributed by atoms with Crippen molar-refractivity contribution in [2.45, 2.75) is 34.1 Å². The molecule has 0 saturated heterocycles. The molecule has 2 heterocycles. The number of nitrogens with one attached hydrogen (secondary N) is 1. The molecule has 0 amide bonds. The molecule has 0 radical (unpaired) electrons. The van der Waals surface area contributed by atoms with E-state index in [1.54, 1.807) is 0 Å². The quantitative estimate of drug-likeness (QED) is 0.520. The number of likely N-dealkylation sites (N-methyl/N-ethyl adjacent to an activating group) is 1. The second-order valence-electron chi connectivity index (χ2n) is 8.23. The van der Waals surface area contributed by atoms with E-state index in [2.05, 4.69) is 91.0 Å². The number of benzene rings is 2. The highest BCUT2D eigenvalue weighted by Gasteiger charge is 2.16. The standard InChI is InChI=1S/C27H33N5/c1-5-31(6-2)18-17-28-27-19-26(29-24-9-7-8-10-25(24)30-27)22-13-15-23(16-14-22)32-20(3)11-12-21(32)4/h7-16H,5-6,17-19H2,1-4H3,(H,28,30). The lowest BCUT2D eigenvalue weighted by atomic mass is 10.1. The normalized spacial score (nSPS) is 14.8. The van der Waals surface area contributed by atoms with Crippen molar-refractivity contribution < 1.29 is 0 Å². The largest absolute Gasteiger partial charge is 0.342 e. The number of aliphatic imine (C=N–C) groups is 2. The van der Waals surface area contributed by atoms with Gasteiger partial charge in [0.2, 0.25) is 0 Å². The van der Waals surface area contributed by atoms with Crippen LogP contribution in [-0.4, -0.2) is 47.2 Å². The minimum absolute atomic E-state index is 0.688. The van der Waals surface area contributed by atoms with Crippen molar-refractivity contribution in [3.8, 4) is 5.69 Å². The Kier molecular flexibility index (Phi) is 6.86. The maximum absolute atomic E-state index is 5.02. The van der Waals surface area contributed by atoms with Crippen LogP contribution in [0.15, 0.2) is 70.6 Å². The molecular formula is C27H33N5. The first kappa shape index (κ1) is 22.0. The number of nitrogens with zero attached hydrogens (tertiary/aromatic N) is 4. The fourth-order valence-electron chi connectivity index (χ4n) is 4.23. The summed E-state index contributed by atoms with van der Waals surface area (Å²) in [6, 6.07) is 21.2. The molecule has 1 N–H and O–H groups in total. The van der Waals surface area contributed by atoms with E-state index >= 15 is 0 Å². The summed E-state index contributed by atoms with van der Waals surface area (Å²) in [6.45, 7) is 12.5. The Bertz CT molecular complexity index is 1100. The van der Waals surface area contributed by atoms with Crippen molar-refractivity contribution in [3.05, 3.63) is 77.6 Å². The molecule has 0 bridgehead atoms. The zero-order valence-corrected chi connectivity index (χ0v) is 19.6. The number of hydrogen-bond donors (Lipinski definition) is 1. The van der Waals surface area contributed by atoms with E-state index in [4.69, 9.17) is 9.98 Å². The molecule has 166 valence electrons. The lowest BCUT2D eigenvalue weighted by Crippen LogP contribution is -2.26. The average Bonchev–Trinajstić information content (AvgIpc) is 3.03. The fraction of sp³-hybridized carbons (Fsp3) is 0.333. The number of aromatic nitrogens is 1. The molecule has 0 fully saturated rings. The predicted molar refractivity (Wildman–Crippen MR) is 136 cm³/mol. The van der Waals surface area contributed by atoms with Gasteiger partial charge in [0.15, 0.2) is 0 Å². The van der Waals surface area contributed by atoms with Crippen LogP contribution in [0.3, 0.4) is 0 Å². The van der Waals surface area contributed by atoms with E-state index in [0.29, 0.717) is 6.42 Å². The molecule has 0 aliphatic carbocycles. The van der Waals surface area contributed by atoms with Gasteiger partial charge in [-0.25, -0.2) is 0 Å². The molecule has 32 heavy (non-hydrogen) atoms. The molecule has 5 nitrogen and oxygen atoms in total. The van der Waals surface area contributed by atoms with Gasteiger partial charge in [0.25, 0.3) is 0 Å². The molecule has 0 saturated carbocycles. The molecule has 5 heteroatoms. The van der Waals surface area contributed by atoms with Crippen LogP contribution in [0.1, 0.15) is 37.2 Å². The summed E-state index contributed by atoms with van der Waals surface area (Å²) in [7, 11) is 0. The van der Waals surface area contributed by atoms with Gasteiger partial charge in [-0.3, -0.25) is 9.98 Å². The molecule has 3 aromatic rings. The first-order valence-corrected chi connectivity index (χ1v) is 11.5. The van der Waals surface area contributed by atoms with E-state index < -0.39 is 0 Å². The Balaban J connectivity index is 1.62. The van der Waals surface area contributed by atoms with Crippen molar-refractivity contribution >= 4 is 22.9 Å². The summed E-state index contributed by atoms with van der Waals surface area (Å²) in [5.41, 5.74) is 7.79. The molecule has 0 atom stereocenters. The van der Waals surface area contributed by atoms with Crippen LogP contribution in [0.4, 0.5) is 11.4 Å². The number of hydrogen-bond acceptors (Lipinski definition) is 3. The monoisotopic (exact) mass is 427 g/mol. The van der Waals surface area contributed by atoms with Crippen LogP contribution >= 0.6 is 0 Å². The highest BCUT2D eigenvalue weighted by atomic mass is 15.1. The van der Waals surface area contributed by atoms with Gasteiger partial charge in [0.1, 0.15) is 5.84 Å². The summed E-state index contributed by atoms with van der Waals surface area (Å²) in [4.78, 5) is 12.3. The number of rotatable bonds is 7. The Hall–Kier alpha value is -3.18. The molecule has 1 aromatic heterocycles. The number of amidine groups is 1. The Morgan fingerprint density at radius 3 is 2.31 bits per heavy atom. The third-order valence-electron chi connectivity index (χ3n) is 6.12. The van der Waals surface area contributed by atoms with Gasteiger partial charge in [-0.2, -0.15) is 0 Å². The zero-order valence-electron chi connectivity index (χ0n) is 19.6. The Morgan fingerprint density at radius 2 is 1.62 bits per heavy atom. The van der Waals surface area contributed by atoms with Crippen molar-refractivity contribution in [2.24, 2.45) is 9.98 Å². The molecule has 1 aliphatic heterocycles. The van der Waals surface area contributed by atoms with Crippen LogP contribution in [-0.2, 0) is 0 Å². The minimum atomic E-state index is 0.688. The Labute approximate surface area is 191 Å². The van der Waals surface area contributed by atoms with Gasteiger partial charge < -0.3 is 14.8 Å². The van der Waals surface area contributed by atoms with Crippen molar-refractivity contribution in [1.82, 2.24) is 9.47 Å². The molecule has 0 spiro atoms. The second-order valence-corrected chi connectivity index (χ2v) is 8.23. The van der Waals surface area contributed by atoms with E-state index in [-0.39, 0.29) is 0 Å². The Morgan fingerprint density at radius 1 is 0.938 bits per heavy atom. The summed E-state index contributed by atoms with van der Waals surface area (Å²) in [5.74, 6) is 0.974. The molecule has 0 unspecified atom stereocenters. The third-order valence-corrected chi connectivity index (χ3v) is 6.12. The third kappa shape index (κ3) is 4.83. The number of fused-ring (bicyclic) bond motifs is 1. The van der Waals surface area contributed by atoms with Gasteiger partial charge in [-0.05, 0) is 68.9 Å². The van der Waals surface area contributed by atoms with Crippen molar-refractivity contribution in [1.29, 1.82) is 0 Å². The highest BCUT2D eigenvalue weighted by molar-refractivity contribution is 6.18. The molecule has 2 aromatic carbocycles. The number of aryl methyl sites for hydroxylation is 2. The molecular weight excluding hydrogens is 394 g/mol. The number of anilines is 1. The van der Waals surface area contributed by atoms with Crippen LogP contribution in [0.25, 0.3) is 5.69 Å². The van der Waals surface area contributed by atoms with Gasteiger partial charge in [0.05, 0.1) is 23.6 Å². The van der Waals surface area contributed by atoms with Crippen molar-refractivity contribution in [2.75, 3.05) is 31.5 Å².